The van der Waals surface area contributed by atoms with Crippen molar-refractivity contribution in [3.63, 3.8) is 0 Å². The maximum Gasteiger partial charge on any atom is 0.418 e. The highest BCUT2D eigenvalue weighted by atomic mass is 35.5. The summed E-state index contributed by atoms with van der Waals surface area (Å²) in [5.74, 6) is 0.233. The van der Waals surface area contributed by atoms with Crippen LogP contribution in [0.1, 0.15) is 5.56 Å². The third kappa shape index (κ3) is 4.00. The molecule has 0 radical (unpaired) electrons. The summed E-state index contributed by atoms with van der Waals surface area (Å²) in [6.45, 7) is 0. The number of nitrogens with one attached hydrogen (secondary N) is 1. The van der Waals surface area contributed by atoms with Crippen LogP contribution < -0.4 is 11.1 Å². The molecule has 0 aliphatic heterocycles. The summed E-state index contributed by atoms with van der Waals surface area (Å²) in [5.41, 5.74) is 6.01. The molecule has 1 aromatic heterocycles. The van der Waals surface area contributed by atoms with E-state index in [1.165, 1.54) is 12.1 Å². The molecule has 0 bridgehead atoms. The first-order valence-electron chi connectivity index (χ1n) is 7.16. The van der Waals surface area contributed by atoms with Crippen molar-refractivity contribution in [2.45, 2.75) is 6.18 Å². The van der Waals surface area contributed by atoms with E-state index in [2.05, 4.69) is 15.3 Å². The van der Waals surface area contributed by atoms with Gasteiger partial charge in [-0.1, -0.05) is 23.7 Å². The maximum atomic E-state index is 12.7. The molecule has 0 saturated carbocycles. The summed E-state index contributed by atoms with van der Waals surface area (Å²) < 4.78 is 38.2. The number of alkyl halides is 3. The monoisotopic (exact) mass is 364 g/mol. The molecule has 25 heavy (non-hydrogen) atoms. The van der Waals surface area contributed by atoms with Gasteiger partial charge in [0.05, 0.1) is 11.3 Å². The van der Waals surface area contributed by atoms with E-state index in [0.29, 0.717) is 16.4 Å². The molecule has 3 rings (SSSR count). The lowest BCUT2D eigenvalue weighted by atomic mass is 10.1. The number of benzene rings is 2. The van der Waals surface area contributed by atoms with Gasteiger partial charge in [0.25, 0.3) is 0 Å². The minimum atomic E-state index is -4.49. The zero-order valence-corrected chi connectivity index (χ0v) is 13.4. The zero-order chi connectivity index (χ0) is 18.0. The molecule has 0 unspecified atom stereocenters. The van der Waals surface area contributed by atoms with Gasteiger partial charge >= 0.3 is 6.18 Å². The number of rotatable bonds is 3. The lowest BCUT2D eigenvalue weighted by Crippen LogP contribution is -2.09. The molecule has 2 aromatic carbocycles. The Bertz CT molecular complexity index is 912. The van der Waals surface area contributed by atoms with Crippen LogP contribution in [0, 0.1) is 0 Å². The molecule has 3 N–H and O–H groups in total. The third-order valence-electron chi connectivity index (χ3n) is 3.39. The average molecular weight is 365 g/mol. The second kappa shape index (κ2) is 6.60. The molecular weight excluding hydrogens is 353 g/mol. The molecule has 4 nitrogen and oxygen atoms in total. The van der Waals surface area contributed by atoms with E-state index in [9.17, 15) is 13.2 Å². The Morgan fingerprint density at radius 3 is 2.52 bits per heavy atom. The molecule has 8 heteroatoms. The van der Waals surface area contributed by atoms with E-state index in [1.54, 1.807) is 30.5 Å². The van der Waals surface area contributed by atoms with Gasteiger partial charge in [0.2, 0.25) is 5.95 Å². The summed E-state index contributed by atoms with van der Waals surface area (Å²) in [5, 5.41) is 3.42. The Balaban J connectivity index is 1.87. The molecule has 0 amide bonds. The van der Waals surface area contributed by atoms with Crippen LogP contribution in [0.2, 0.25) is 5.02 Å². The summed E-state index contributed by atoms with van der Waals surface area (Å²) in [6.07, 6.45) is -2.95. The van der Waals surface area contributed by atoms with Gasteiger partial charge in [0, 0.05) is 28.2 Å². The lowest BCUT2D eigenvalue weighted by Gasteiger charge is -2.12. The Hall–Kier alpha value is -2.80. The number of nitrogens with two attached hydrogens (primary N) is 1. The minimum absolute atomic E-state index is 0.233. The van der Waals surface area contributed by atoms with E-state index in [1.807, 2.05) is 6.07 Å². The summed E-state index contributed by atoms with van der Waals surface area (Å²) >= 11 is 5.97. The Morgan fingerprint density at radius 1 is 1.04 bits per heavy atom. The Morgan fingerprint density at radius 2 is 1.84 bits per heavy atom. The number of nitrogens with zero attached hydrogens (tertiary/aromatic N) is 2. The fourth-order valence-corrected chi connectivity index (χ4v) is 2.45. The fourth-order valence-electron chi connectivity index (χ4n) is 2.26. The van der Waals surface area contributed by atoms with Crippen molar-refractivity contribution in [2.24, 2.45) is 0 Å². The third-order valence-corrected chi connectivity index (χ3v) is 3.62. The lowest BCUT2D eigenvalue weighted by molar-refractivity contribution is -0.136. The summed E-state index contributed by atoms with van der Waals surface area (Å²) in [6, 6.07) is 12.2. The van der Waals surface area contributed by atoms with Crippen molar-refractivity contribution in [1.29, 1.82) is 0 Å². The van der Waals surface area contributed by atoms with Crippen LogP contribution in [-0.2, 0) is 6.18 Å². The number of nitrogen functional groups attached to an aromatic ring is 1. The van der Waals surface area contributed by atoms with Gasteiger partial charge in [-0.3, -0.25) is 0 Å². The molecule has 0 atom stereocenters. The molecule has 0 spiro atoms. The number of hydrogen-bond donors (Lipinski definition) is 2. The first-order chi connectivity index (χ1) is 11.8. The fraction of sp³-hybridized carbons (Fsp3) is 0.0588. The molecule has 0 fully saturated rings. The highest BCUT2D eigenvalue weighted by Gasteiger charge is 2.32. The van der Waals surface area contributed by atoms with E-state index >= 15 is 0 Å². The van der Waals surface area contributed by atoms with Crippen molar-refractivity contribution in [1.82, 2.24) is 9.97 Å². The second-order valence-corrected chi connectivity index (χ2v) is 5.64. The smallest absolute Gasteiger partial charge is 0.398 e. The number of anilines is 3. The molecule has 0 saturated heterocycles. The highest BCUT2D eigenvalue weighted by Crippen LogP contribution is 2.35. The maximum absolute atomic E-state index is 12.7. The van der Waals surface area contributed by atoms with Gasteiger partial charge in [-0.2, -0.15) is 13.2 Å². The summed E-state index contributed by atoms with van der Waals surface area (Å²) in [4.78, 5) is 8.40. The van der Waals surface area contributed by atoms with E-state index in [-0.39, 0.29) is 11.6 Å². The van der Waals surface area contributed by atoms with Gasteiger partial charge in [0.1, 0.15) is 0 Å². The normalized spacial score (nSPS) is 11.4. The van der Waals surface area contributed by atoms with Crippen molar-refractivity contribution in [3.8, 4) is 11.3 Å². The van der Waals surface area contributed by atoms with Crippen LogP contribution in [0.4, 0.5) is 30.5 Å². The van der Waals surface area contributed by atoms with Crippen molar-refractivity contribution in [3.05, 3.63) is 65.3 Å². The SMILES string of the molecule is Nc1cc(Nc2nccc(-c3cccc(Cl)c3)n2)ccc1C(F)(F)F. The topological polar surface area (TPSA) is 63.8 Å². The predicted octanol–water partition coefficient (Wildman–Crippen LogP) is 5.14. The Labute approximate surface area is 146 Å². The van der Waals surface area contributed by atoms with Gasteiger partial charge < -0.3 is 11.1 Å². The van der Waals surface area contributed by atoms with Crippen LogP contribution in [0.5, 0.6) is 0 Å². The molecule has 0 aliphatic carbocycles. The standard InChI is InChI=1S/C17H12ClF3N4/c18-11-3-1-2-10(8-11)15-6-7-23-16(25-15)24-12-4-5-13(14(22)9-12)17(19,20)21/h1-9H,22H2,(H,23,24,25). The summed E-state index contributed by atoms with van der Waals surface area (Å²) in [7, 11) is 0. The van der Waals surface area contributed by atoms with E-state index < -0.39 is 11.7 Å². The van der Waals surface area contributed by atoms with Crippen LogP contribution in [0.15, 0.2) is 54.7 Å². The largest absolute Gasteiger partial charge is 0.418 e. The van der Waals surface area contributed by atoms with E-state index in [4.69, 9.17) is 17.3 Å². The van der Waals surface area contributed by atoms with Crippen LogP contribution in [0.3, 0.4) is 0 Å². The molecule has 3 aromatic rings. The predicted molar refractivity (Wildman–Crippen MR) is 91.6 cm³/mol. The minimum Gasteiger partial charge on any atom is -0.398 e. The second-order valence-electron chi connectivity index (χ2n) is 5.20. The number of hydrogen-bond acceptors (Lipinski definition) is 4. The first kappa shape index (κ1) is 17.0. The molecular formula is C17H12ClF3N4. The first-order valence-corrected chi connectivity index (χ1v) is 7.53. The molecule has 128 valence electrons. The molecule has 0 aliphatic rings. The average Bonchev–Trinajstić information content (AvgIpc) is 2.54. The number of aromatic nitrogens is 2. The molecule has 1 heterocycles. The van der Waals surface area contributed by atoms with E-state index in [0.717, 1.165) is 11.6 Å². The quantitative estimate of drug-likeness (QED) is 0.631. The van der Waals surface area contributed by atoms with Gasteiger partial charge in [-0.25, -0.2) is 9.97 Å². The zero-order valence-electron chi connectivity index (χ0n) is 12.7. The van der Waals surface area contributed by atoms with Crippen molar-refractivity contribution >= 4 is 28.9 Å². The van der Waals surface area contributed by atoms with Gasteiger partial charge in [0.15, 0.2) is 0 Å². The van der Waals surface area contributed by atoms with Crippen molar-refractivity contribution in [2.75, 3.05) is 11.1 Å². The van der Waals surface area contributed by atoms with Crippen molar-refractivity contribution < 1.29 is 13.2 Å². The van der Waals surface area contributed by atoms with Crippen LogP contribution in [-0.4, -0.2) is 9.97 Å². The number of halogens is 4. The van der Waals surface area contributed by atoms with Gasteiger partial charge in [-0.05, 0) is 36.4 Å². The van der Waals surface area contributed by atoms with Crippen LogP contribution in [0.25, 0.3) is 11.3 Å². The highest BCUT2D eigenvalue weighted by molar-refractivity contribution is 6.30. The van der Waals surface area contributed by atoms with Gasteiger partial charge in [-0.15, -0.1) is 0 Å². The Kier molecular flexibility index (Phi) is 4.50. The van der Waals surface area contributed by atoms with Crippen LogP contribution >= 0.6 is 11.6 Å².